The second-order valence-electron chi connectivity index (χ2n) is 4.76. The van der Waals surface area contributed by atoms with Crippen molar-refractivity contribution >= 4 is 5.69 Å². The maximum absolute atomic E-state index is 4.49. The number of pyridine rings is 1. The Balaban J connectivity index is 2.29. The standard InChI is InChI=1S/C15H22N4/c1-4-7-13(5-2)18-14-8-6-9-17-15(14)19-11-10-16-12(19)3/h6,8-11,13,18H,4-5,7H2,1-3H3. The average molecular weight is 258 g/mol. The van der Waals surface area contributed by atoms with Crippen LogP contribution in [0.2, 0.25) is 0 Å². The molecule has 1 unspecified atom stereocenters. The molecule has 2 rings (SSSR count). The van der Waals surface area contributed by atoms with Crippen LogP contribution in [-0.2, 0) is 0 Å². The van der Waals surface area contributed by atoms with Gasteiger partial charge in [-0.25, -0.2) is 9.97 Å². The molecule has 0 saturated carbocycles. The fraction of sp³-hybridized carbons (Fsp3) is 0.467. The van der Waals surface area contributed by atoms with Gasteiger partial charge in [-0.1, -0.05) is 20.3 Å². The molecule has 4 nitrogen and oxygen atoms in total. The molecule has 19 heavy (non-hydrogen) atoms. The summed E-state index contributed by atoms with van der Waals surface area (Å²) in [5, 5.41) is 3.60. The quantitative estimate of drug-likeness (QED) is 0.861. The van der Waals surface area contributed by atoms with Gasteiger partial charge in [0.25, 0.3) is 0 Å². The van der Waals surface area contributed by atoms with Gasteiger partial charge in [-0.3, -0.25) is 4.57 Å². The molecule has 0 spiro atoms. The topological polar surface area (TPSA) is 42.7 Å². The van der Waals surface area contributed by atoms with Gasteiger partial charge in [0.2, 0.25) is 0 Å². The molecule has 0 radical (unpaired) electrons. The van der Waals surface area contributed by atoms with Crippen molar-refractivity contribution in [3.05, 3.63) is 36.5 Å². The maximum Gasteiger partial charge on any atom is 0.161 e. The molecule has 4 heteroatoms. The Bertz CT molecular complexity index is 518. The number of anilines is 1. The van der Waals surface area contributed by atoms with Gasteiger partial charge in [0.05, 0.1) is 5.69 Å². The van der Waals surface area contributed by atoms with E-state index in [9.17, 15) is 0 Å². The zero-order valence-corrected chi connectivity index (χ0v) is 11.9. The lowest BCUT2D eigenvalue weighted by atomic mass is 10.1. The Morgan fingerprint density at radius 2 is 2.11 bits per heavy atom. The number of hydrogen-bond acceptors (Lipinski definition) is 3. The Labute approximate surface area is 114 Å². The molecule has 0 aromatic carbocycles. The minimum Gasteiger partial charge on any atom is -0.379 e. The van der Waals surface area contributed by atoms with Crippen LogP contribution >= 0.6 is 0 Å². The van der Waals surface area contributed by atoms with Crippen molar-refractivity contribution in [3.63, 3.8) is 0 Å². The molecule has 2 heterocycles. The Hall–Kier alpha value is -1.84. The predicted octanol–water partition coefficient (Wildman–Crippen LogP) is 3.57. The molecule has 102 valence electrons. The van der Waals surface area contributed by atoms with Gasteiger partial charge >= 0.3 is 0 Å². The average Bonchev–Trinajstić information content (AvgIpc) is 2.85. The number of aromatic nitrogens is 3. The van der Waals surface area contributed by atoms with Gasteiger partial charge in [0, 0.05) is 24.6 Å². The van der Waals surface area contributed by atoms with Gasteiger partial charge in [0.1, 0.15) is 5.82 Å². The van der Waals surface area contributed by atoms with Crippen LogP contribution in [0.5, 0.6) is 0 Å². The van der Waals surface area contributed by atoms with E-state index in [2.05, 4.69) is 35.2 Å². The highest BCUT2D eigenvalue weighted by atomic mass is 15.1. The molecule has 0 saturated heterocycles. The molecular formula is C15H22N4. The summed E-state index contributed by atoms with van der Waals surface area (Å²) < 4.78 is 2.01. The van der Waals surface area contributed by atoms with Gasteiger partial charge in [-0.15, -0.1) is 0 Å². The molecule has 0 bridgehead atoms. The number of nitrogens with zero attached hydrogens (tertiary/aromatic N) is 3. The second-order valence-corrected chi connectivity index (χ2v) is 4.76. The van der Waals surface area contributed by atoms with Gasteiger partial charge in [0.15, 0.2) is 5.82 Å². The van der Waals surface area contributed by atoms with Crippen LogP contribution < -0.4 is 5.32 Å². The fourth-order valence-electron chi connectivity index (χ4n) is 2.25. The third kappa shape index (κ3) is 3.13. The third-order valence-corrected chi connectivity index (χ3v) is 3.33. The first kappa shape index (κ1) is 13.6. The summed E-state index contributed by atoms with van der Waals surface area (Å²) in [4.78, 5) is 8.75. The number of imidazole rings is 1. The number of hydrogen-bond donors (Lipinski definition) is 1. The van der Waals surface area contributed by atoms with Crippen LogP contribution in [0.25, 0.3) is 5.82 Å². The lowest BCUT2D eigenvalue weighted by Gasteiger charge is -2.19. The van der Waals surface area contributed by atoms with Crippen LogP contribution in [-0.4, -0.2) is 20.6 Å². The minimum atomic E-state index is 0.497. The van der Waals surface area contributed by atoms with E-state index in [-0.39, 0.29) is 0 Å². The highest BCUT2D eigenvalue weighted by Crippen LogP contribution is 2.21. The molecule has 0 aliphatic carbocycles. The van der Waals surface area contributed by atoms with E-state index in [1.54, 1.807) is 6.20 Å². The Kier molecular flexibility index (Phi) is 4.55. The summed E-state index contributed by atoms with van der Waals surface area (Å²) in [7, 11) is 0. The van der Waals surface area contributed by atoms with Gasteiger partial charge < -0.3 is 5.32 Å². The van der Waals surface area contributed by atoms with Crippen molar-refractivity contribution in [2.45, 2.75) is 46.1 Å². The lowest BCUT2D eigenvalue weighted by Crippen LogP contribution is -2.19. The monoisotopic (exact) mass is 258 g/mol. The van der Waals surface area contributed by atoms with E-state index < -0.39 is 0 Å². The smallest absolute Gasteiger partial charge is 0.161 e. The molecule has 0 fully saturated rings. The minimum absolute atomic E-state index is 0.497. The van der Waals surface area contributed by atoms with Gasteiger partial charge in [-0.2, -0.15) is 0 Å². The zero-order chi connectivity index (χ0) is 13.7. The van der Waals surface area contributed by atoms with Crippen LogP contribution in [0.15, 0.2) is 30.7 Å². The Morgan fingerprint density at radius 1 is 1.26 bits per heavy atom. The molecule has 2 aromatic rings. The van der Waals surface area contributed by atoms with Crippen molar-refractivity contribution in [1.82, 2.24) is 14.5 Å². The van der Waals surface area contributed by atoms with Crippen molar-refractivity contribution in [2.75, 3.05) is 5.32 Å². The van der Waals surface area contributed by atoms with E-state index in [1.165, 1.54) is 12.8 Å². The second kappa shape index (κ2) is 6.36. The summed E-state index contributed by atoms with van der Waals surface area (Å²) in [5.74, 6) is 1.87. The van der Waals surface area contributed by atoms with Crippen LogP contribution in [0.4, 0.5) is 5.69 Å². The normalized spacial score (nSPS) is 12.4. The van der Waals surface area contributed by atoms with E-state index in [0.717, 1.165) is 23.8 Å². The van der Waals surface area contributed by atoms with E-state index in [0.29, 0.717) is 6.04 Å². The summed E-state index contributed by atoms with van der Waals surface area (Å²) in [6.07, 6.45) is 9.05. The summed E-state index contributed by atoms with van der Waals surface area (Å²) in [6.45, 7) is 6.42. The largest absolute Gasteiger partial charge is 0.379 e. The summed E-state index contributed by atoms with van der Waals surface area (Å²) in [5.41, 5.74) is 1.07. The SMILES string of the molecule is CCCC(CC)Nc1cccnc1-n1ccnc1C. The van der Waals surface area contributed by atoms with E-state index >= 15 is 0 Å². The maximum atomic E-state index is 4.49. The third-order valence-electron chi connectivity index (χ3n) is 3.33. The first-order valence-electron chi connectivity index (χ1n) is 6.98. The molecule has 0 aliphatic rings. The highest BCUT2D eigenvalue weighted by Gasteiger charge is 2.11. The number of nitrogens with one attached hydrogen (secondary N) is 1. The summed E-state index contributed by atoms with van der Waals surface area (Å²) in [6, 6.07) is 4.55. The van der Waals surface area contributed by atoms with E-state index in [1.807, 2.05) is 30.0 Å². The van der Waals surface area contributed by atoms with Crippen molar-refractivity contribution < 1.29 is 0 Å². The zero-order valence-electron chi connectivity index (χ0n) is 11.9. The van der Waals surface area contributed by atoms with Crippen molar-refractivity contribution in [1.29, 1.82) is 0 Å². The van der Waals surface area contributed by atoms with Gasteiger partial charge in [-0.05, 0) is 31.9 Å². The first-order chi connectivity index (χ1) is 9.26. The predicted molar refractivity (Wildman–Crippen MR) is 78.7 cm³/mol. The number of aryl methyl sites for hydroxylation is 1. The molecule has 0 aliphatic heterocycles. The molecule has 1 N–H and O–H groups in total. The van der Waals surface area contributed by atoms with Crippen LogP contribution in [0.3, 0.4) is 0 Å². The first-order valence-corrected chi connectivity index (χ1v) is 6.98. The van der Waals surface area contributed by atoms with E-state index in [4.69, 9.17) is 0 Å². The molecular weight excluding hydrogens is 236 g/mol. The summed E-state index contributed by atoms with van der Waals surface area (Å²) >= 11 is 0. The van der Waals surface area contributed by atoms with Crippen molar-refractivity contribution in [3.8, 4) is 5.82 Å². The number of rotatable bonds is 6. The fourth-order valence-corrected chi connectivity index (χ4v) is 2.25. The molecule has 2 aromatic heterocycles. The Morgan fingerprint density at radius 3 is 2.74 bits per heavy atom. The molecule has 1 atom stereocenters. The highest BCUT2D eigenvalue weighted by molar-refractivity contribution is 5.57. The lowest BCUT2D eigenvalue weighted by molar-refractivity contribution is 0.622. The molecule has 0 amide bonds. The van der Waals surface area contributed by atoms with Crippen LogP contribution in [0, 0.1) is 6.92 Å². The van der Waals surface area contributed by atoms with Crippen molar-refractivity contribution in [2.24, 2.45) is 0 Å². The van der Waals surface area contributed by atoms with Crippen LogP contribution in [0.1, 0.15) is 38.9 Å².